The lowest BCUT2D eigenvalue weighted by molar-refractivity contribution is -0.0839. The molecule has 0 bridgehead atoms. The molecular weight excluding hydrogens is 350 g/mol. The normalized spacial score (nSPS) is 21.3. The molecule has 2 rings (SSSR count). The van der Waals surface area contributed by atoms with Gasteiger partial charge in [0, 0.05) is 18.0 Å². The summed E-state index contributed by atoms with van der Waals surface area (Å²) in [5.41, 5.74) is 1.31. The molecule has 0 radical (unpaired) electrons. The largest absolute Gasteiger partial charge is 0.376 e. The fraction of sp³-hybridized carbons (Fsp3) is 0.667. The van der Waals surface area contributed by atoms with Crippen LogP contribution in [0.4, 0.5) is 0 Å². The predicted octanol–water partition coefficient (Wildman–Crippen LogP) is 6.17. The van der Waals surface area contributed by atoms with Gasteiger partial charge in [-0.25, -0.2) is 0 Å². The van der Waals surface area contributed by atoms with Crippen molar-refractivity contribution in [1.29, 1.82) is 0 Å². The molecule has 1 heterocycles. The maximum Gasteiger partial charge on any atom is 0.0629 e. The van der Waals surface area contributed by atoms with Crippen molar-refractivity contribution in [2.24, 2.45) is 17.8 Å². The fourth-order valence-electron chi connectivity index (χ4n) is 4.17. The van der Waals surface area contributed by atoms with E-state index in [0.29, 0.717) is 0 Å². The van der Waals surface area contributed by atoms with Crippen molar-refractivity contribution in [3.63, 3.8) is 0 Å². The number of hydrogen-bond donors (Lipinski definition) is 1. The third-order valence-electron chi connectivity index (χ3n) is 5.88. The van der Waals surface area contributed by atoms with Crippen molar-refractivity contribution >= 4 is 21.1 Å². The van der Waals surface area contributed by atoms with E-state index in [-0.39, 0.29) is 5.60 Å². The third-order valence-corrected chi connectivity index (χ3v) is 7.81. The average molecular weight is 392 g/mol. The summed E-state index contributed by atoms with van der Waals surface area (Å²) in [5, 5.41) is 0. The summed E-state index contributed by atoms with van der Waals surface area (Å²) < 4.78 is 9.67. The van der Waals surface area contributed by atoms with Gasteiger partial charge in [0.1, 0.15) is 0 Å². The number of nitrogens with one attached hydrogen (secondary N) is 1. The van der Waals surface area contributed by atoms with Crippen molar-refractivity contribution in [3.8, 4) is 0 Å². The molecule has 1 aliphatic heterocycles. The zero-order chi connectivity index (χ0) is 20.1. The molecule has 1 aromatic rings. The first-order valence-electron chi connectivity index (χ1n) is 10.5. The fourth-order valence-corrected chi connectivity index (χ4v) is 5.50. The van der Waals surface area contributed by atoms with E-state index in [0.717, 1.165) is 30.9 Å². The molecule has 154 valence electrons. The van der Waals surface area contributed by atoms with Gasteiger partial charge in [0.05, 0.1) is 5.60 Å². The molecule has 2 atom stereocenters. The van der Waals surface area contributed by atoms with E-state index in [4.69, 9.17) is 4.74 Å². The van der Waals surface area contributed by atoms with Crippen molar-refractivity contribution < 1.29 is 4.74 Å². The van der Waals surface area contributed by atoms with Crippen LogP contribution < -0.4 is 4.72 Å². The first-order valence-corrected chi connectivity index (χ1v) is 12.5. The summed E-state index contributed by atoms with van der Waals surface area (Å²) in [6.07, 6.45) is 6.23. The Morgan fingerprint density at radius 2 is 1.81 bits per heavy atom. The van der Waals surface area contributed by atoms with Crippen molar-refractivity contribution in [2.75, 3.05) is 13.2 Å². The van der Waals surface area contributed by atoms with Crippen LogP contribution in [0.1, 0.15) is 65.4 Å². The Kier molecular flexibility index (Phi) is 8.03. The highest BCUT2D eigenvalue weighted by atomic mass is 32.2. The lowest BCUT2D eigenvalue weighted by atomic mass is 9.76. The molecule has 27 heavy (non-hydrogen) atoms. The highest BCUT2D eigenvalue weighted by Crippen LogP contribution is 2.37. The third kappa shape index (κ3) is 7.29. The molecule has 0 saturated carbocycles. The van der Waals surface area contributed by atoms with E-state index in [9.17, 15) is 0 Å². The van der Waals surface area contributed by atoms with Gasteiger partial charge in [-0.1, -0.05) is 49.7 Å². The number of ether oxygens (including phenoxy) is 1. The Labute approximate surface area is 168 Å². The number of benzene rings is 1. The second-order valence-corrected chi connectivity index (χ2v) is 12.0. The van der Waals surface area contributed by atoms with Gasteiger partial charge in [-0.05, 0) is 76.3 Å². The molecule has 1 aromatic carbocycles. The zero-order valence-electron chi connectivity index (χ0n) is 18.2. The minimum Gasteiger partial charge on any atom is -0.376 e. The SMILES string of the molecule is C=S(=C)(NCC[C@H](CCC(C)C)[C@H]1CCOC(C)(C)C1)c1ccc(C)cc1. The summed E-state index contributed by atoms with van der Waals surface area (Å²) in [6.45, 7) is 13.2. The Bertz CT molecular complexity index is 673. The van der Waals surface area contributed by atoms with Crippen LogP contribution in [0.25, 0.3) is 0 Å². The highest BCUT2D eigenvalue weighted by molar-refractivity contribution is 8.26. The molecule has 0 unspecified atom stereocenters. The molecular formula is C24H41NOS. The first-order chi connectivity index (χ1) is 12.6. The first kappa shape index (κ1) is 22.5. The van der Waals surface area contributed by atoms with Crippen LogP contribution in [0.3, 0.4) is 0 Å². The van der Waals surface area contributed by atoms with Crippen molar-refractivity contribution in [1.82, 2.24) is 4.72 Å². The van der Waals surface area contributed by atoms with Crippen molar-refractivity contribution in [3.05, 3.63) is 29.8 Å². The van der Waals surface area contributed by atoms with E-state index in [2.05, 4.69) is 75.3 Å². The van der Waals surface area contributed by atoms with Gasteiger partial charge in [-0.2, -0.15) is 0 Å². The number of rotatable bonds is 9. The summed E-state index contributed by atoms with van der Waals surface area (Å²) >= 11 is 0. The van der Waals surface area contributed by atoms with Crippen LogP contribution in [0.5, 0.6) is 0 Å². The van der Waals surface area contributed by atoms with Gasteiger partial charge >= 0.3 is 0 Å². The van der Waals surface area contributed by atoms with Gasteiger partial charge in [0.25, 0.3) is 0 Å². The van der Waals surface area contributed by atoms with Crippen LogP contribution in [0.2, 0.25) is 0 Å². The monoisotopic (exact) mass is 391 g/mol. The van der Waals surface area contributed by atoms with E-state index in [1.54, 1.807) is 0 Å². The Balaban J connectivity index is 1.97. The van der Waals surface area contributed by atoms with Gasteiger partial charge < -0.3 is 4.74 Å². The Morgan fingerprint density at radius 1 is 1.15 bits per heavy atom. The quantitative estimate of drug-likeness (QED) is 0.508. The van der Waals surface area contributed by atoms with E-state index in [1.165, 1.54) is 42.6 Å². The Hall–Kier alpha value is -0.770. The van der Waals surface area contributed by atoms with E-state index < -0.39 is 9.39 Å². The lowest BCUT2D eigenvalue weighted by Crippen LogP contribution is -2.37. The van der Waals surface area contributed by atoms with Gasteiger partial charge in [-0.15, -0.1) is 9.39 Å². The van der Waals surface area contributed by atoms with E-state index >= 15 is 0 Å². The minimum atomic E-state index is -1.43. The molecule has 2 nitrogen and oxygen atoms in total. The van der Waals surface area contributed by atoms with Crippen LogP contribution in [-0.4, -0.2) is 30.5 Å². The molecule has 1 saturated heterocycles. The van der Waals surface area contributed by atoms with Crippen LogP contribution in [0, 0.1) is 24.7 Å². The highest BCUT2D eigenvalue weighted by Gasteiger charge is 2.33. The molecule has 3 heteroatoms. The second kappa shape index (κ2) is 9.62. The molecule has 0 aliphatic carbocycles. The predicted molar refractivity (Wildman–Crippen MR) is 124 cm³/mol. The summed E-state index contributed by atoms with van der Waals surface area (Å²) in [5.74, 6) is 11.1. The van der Waals surface area contributed by atoms with Gasteiger partial charge in [0.2, 0.25) is 0 Å². The maximum atomic E-state index is 5.97. The smallest absolute Gasteiger partial charge is 0.0629 e. The topological polar surface area (TPSA) is 21.3 Å². The molecule has 1 fully saturated rings. The Morgan fingerprint density at radius 3 is 2.41 bits per heavy atom. The average Bonchev–Trinajstić information content (AvgIpc) is 2.57. The molecule has 1 aliphatic rings. The van der Waals surface area contributed by atoms with Crippen LogP contribution >= 0.6 is 9.39 Å². The van der Waals surface area contributed by atoms with Crippen LogP contribution in [0.15, 0.2) is 29.2 Å². The molecule has 0 aromatic heterocycles. The summed E-state index contributed by atoms with van der Waals surface area (Å²) in [7, 11) is -1.43. The van der Waals surface area contributed by atoms with Crippen molar-refractivity contribution in [2.45, 2.75) is 77.2 Å². The standard InChI is InChI=1S/C24H41NOS/c1-19(2)8-11-21(22-15-17-26-24(4,5)18-22)14-16-25-27(6,7)23-12-9-20(3)10-13-23/h9-10,12-13,19,21-22,25H,6-8,11,14-18H2,1-5H3/t21-,22-/m0/s1. The van der Waals surface area contributed by atoms with Gasteiger partial charge in [0.15, 0.2) is 0 Å². The second-order valence-electron chi connectivity index (χ2n) is 9.47. The van der Waals surface area contributed by atoms with Crippen LogP contribution in [-0.2, 0) is 4.74 Å². The minimum absolute atomic E-state index is 0.0297. The number of aryl methyl sites for hydroxylation is 1. The maximum absolute atomic E-state index is 5.97. The lowest BCUT2D eigenvalue weighted by Gasteiger charge is -2.39. The zero-order valence-corrected chi connectivity index (χ0v) is 19.0. The number of hydrogen-bond acceptors (Lipinski definition) is 2. The summed E-state index contributed by atoms with van der Waals surface area (Å²) in [4.78, 5) is 1.24. The molecule has 0 amide bonds. The molecule has 1 N–H and O–H groups in total. The molecule has 0 spiro atoms. The summed E-state index contributed by atoms with van der Waals surface area (Å²) in [6, 6.07) is 8.67. The van der Waals surface area contributed by atoms with Gasteiger partial charge in [-0.3, -0.25) is 4.72 Å². The van der Waals surface area contributed by atoms with E-state index in [1.807, 2.05) is 0 Å².